The van der Waals surface area contributed by atoms with Crippen LogP contribution >= 0.6 is 11.3 Å². The Bertz CT molecular complexity index is 778. The molecule has 1 amide bonds. The van der Waals surface area contributed by atoms with Crippen molar-refractivity contribution in [3.05, 3.63) is 52.2 Å². The molecule has 2 atom stereocenters. The molecular formula is C23H32N2O3S. The number of para-hydroxylation sites is 1. The first kappa shape index (κ1) is 21.8. The summed E-state index contributed by atoms with van der Waals surface area (Å²) < 4.78 is 10.8. The van der Waals surface area contributed by atoms with Gasteiger partial charge >= 0.3 is 0 Å². The Hall–Kier alpha value is -1.89. The minimum Gasteiger partial charge on any atom is -0.496 e. The highest BCUT2D eigenvalue weighted by atomic mass is 32.1. The normalized spacial score (nSPS) is 19.6. The Labute approximate surface area is 178 Å². The van der Waals surface area contributed by atoms with Gasteiger partial charge in [0.2, 0.25) is 5.91 Å². The van der Waals surface area contributed by atoms with E-state index < -0.39 is 0 Å². The van der Waals surface area contributed by atoms with Gasteiger partial charge in [0, 0.05) is 45.2 Å². The zero-order valence-corrected chi connectivity index (χ0v) is 18.7. The number of rotatable bonds is 9. The molecule has 0 N–H and O–H groups in total. The van der Waals surface area contributed by atoms with Gasteiger partial charge in [-0.1, -0.05) is 18.2 Å². The fourth-order valence-electron chi connectivity index (χ4n) is 4.30. The lowest BCUT2D eigenvalue weighted by Crippen LogP contribution is -2.43. The maximum Gasteiger partial charge on any atom is 0.248 e. The summed E-state index contributed by atoms with van der Waals surface area (Å²) in [6.07, 6.45) is 0. The summed E-state index contributed by atoms with van der Waals surface area (Å²) in [5.41, 5.74) is 2.58. The average Bonchev–Trinajstić information content (AvgIpc) is 3.36. The molecule has 2 heterocycles. The number of nitrogens with zero attached hydrogens (tertiary/aromatic N) is 2. The van der Waals surface area contributed by atoms with Crippen LogP contribution in [0.1, 0.15) is 30.9 Å². The number of carbonyl (C=O) groups is 1. The Morgan fingerprint density at radius 2 is 2.03 bits per heavy atom. The zero-order valence-electron chi connectivity index (χ0n) is 17.8. The molecule has 5 nitrogen and oxygen atoms in total. The number of hydrogen-bond acceptors (Lipinski definition) is 5. The first-order chi connectivity index (χ1) is 14.0. The van der Waals surface area contributed by atoms with Crippen LogP contribution in [-0.4, -0.2) is 62.2 Å². The minimum absolute atomic E-state index is 0.0533. The SMILES string of the molecule is COCC(=O)N(CC1CN(Cc2ccsc2)CC1c1ccccc1OC)C(C)C. The van der Waals surface area contributed by atoms with Crippen LogP contribution in [0.3, 0.4) is 0 Å². The first-order valence-electron chi connectivity index (χ1n) is 10.2. The van der Waals surface area contributed by atoms with Gasteiger partial charge in [0.1, 0.15) is 12.4 Å². The largest absolute Gasteiger partial charge is 0.496 e. The Balaban J connectivity index is 1.84. The van der Waals surface area contributed by atoms with E-state index in [0.717, 1.165) is 31.9 Å². The molecule has 1 aromatic heterocycles. The Kier molecular flexibility index (Phi) is 7.70. The van der Waals surface area contributed by atoms with Crippen LogP contribution < -0.4 is 4.74 Å². The van der Waals surface area contributed by atoms with Crippen molar-refractivity contribution in [3.8, 4) is 5.75 Å². The van der Waals surface area contributed by atoms with Crippen LogP contribution in [0.25, 0.3) is 0 Å². The van der Waals surface area contributed by atoms with Crippen molar-refractivity contribution >= 4 is 17.2 Å². The highest BCUT2D eigenvalue weighted by Gasteiger charge is 2.37. The van der Waals surface area contributed by atoms with Gasteiger partial charge in [-0.3, -0.25) is 9.69 Å². The van der Waals surface area contributed by atoms with Crippen molar-refractivity contribution in [3.63, 3.8) is 0 Å². The minimum atomic E-state index is 0.0533. The number of amides is 1. The van der Waals surface area contributed by atoms with Crippen molar-refractivity contribution in [2.24, 2.45) is 5.92 Å². The van der Waals surface area contributed by atoms with E-state index >= 15 is 0 Å². The van der Waals surface area contributed by atoms with Gasteiger partial charge in [0.25, 0.3) is 0 Å². The zero-order chi connectivity index (χ0) is 20.8. The van der Waals surface area contributed by atoms with Gasteiger partial charge in [-0.25, -0.2) is 0 Å². The smallest absolute Gasteiger partial charge is 0.248 e. The second kappa shape index (κ2) is 10.2. The molecule has 0 saturated carbocycles. The third kappa shape index (κ3) is 5.38. The molecule has 3 rings (SSSR count). The van der Waals surface area contributed by atoms with Crippen LogP contribution in [0.2, 0.25) is 0 Å². The molecule has 1 aromatic carbocycles. The van der Waals surface area contributed by atoms with Crippen LogP contribution in [-0.2, 0) is 16.1 Å². The van der Waals surface area contributed by atoms with Crippen molar-refractivity contribution in [1.29, 1.82) is 0 Å². The maximum atomic E-state index is 12.6. The van der Waals surface area contributed by atoms with Gasteiger partial charge in [-0.2, -0.15) is 11.3 Å². The molecule has 29 heavy (non-hydrogen) atoms. The fourth-order valence-corrected chi connectivity index (χ4v) is 4.96. The molecular weight excluding hydrogens is 384 g/mol. The summed E-state index contributed by atoms with van der Waals surface area (Å²) in [6, 6.07) is 10.6. The number of carbonyl (C=O) groups excluding carboxylic acids is 1. The molecule has 1 saturated heterocycles. The second-order valence-electron chi connectivity index (χ2n) is 8.01. The third-order valence-electron chi connectivity index (χ3n) is 5.68. The lowest BCUT2D eigenvalue weighted by Gasteiger charge is -2.31. The molecule has 6 heteroatoms. The van der Waals surface area contributed by atoms with Crippen LogP contribution in [0, 0.1) is 5.92 Å². The monoisotopic (exact) mass is 416 g/mol. The molecule has 2 aromatic rings. The molecule has 0 radical (unpaired) electrons. The summed E-state index contributed by atoms with van der Waals surface area (Å²) in [4.78, 5) is 17.1. The molecule has 2 unspecified atom stereocenters. The Morgan fingerprint density at radius 1 is 1.24 bits per heavy atom. The van der Waals surface area contributed by atoms with Gasteiger partial charge in [-0.15, -0.1) is 0 Å². The van der Waals surface area contributed by atoms with Gasteiger partial charge < -0.3 is 14.4 Å². The fraction of sp³-hybridized carbons (Fsp3) is 0.522. The summed E-state index contributed by atoms with van der Waals surface area (Å²) in [7, 11) is 3.31. The van der Waals surface area contributed by atoms with Gasteiger partial charge in [-0.05, 0) is 53.8 Å². The second-order valence-corrected chi connectivity index (χ2v) is 8.79. The molecule has 158 valence electrons. The van der Waals surface area contributed by atoms with Crippen LogP contribution in [0.4, 0.5) is 0 Å². The summed E-state index contributed by atoms with van der Waals surface area (Å²) >= 11 is 1.74. The number of thiophene rings is 1. The van der Waals surface area contributed by atoms with Crippen molar-refractivity contribution < 1.29 is 14.3 Å². The lowest BCUT2D eigenvalue weighted by atomic mass is 9.87. The first-order valence-corrected chi connectivity index (χ1v) is 11.1. The Morgan fingerprint density at radius 3 is 2.69 bits per heavy atom. The van der Waals surface area contributed by atoms with Crippen molar-refractivity contribution in [2.45, 2.75) is 32.4 Å². The number of benzene rings is 1. The number of likely N-dealkylation sites (tertiary alicyclic amines) is 1. The van der Waals surface area contributed by atoms with E-state index in [1.54, 1.807) is 25.6 Å². The van der Waals surface area contributed by atoms with Crippen molar-refractivity contribution in [1.82, 2.24) is 9.80 Å². The summed E-state index contributed by atoms with van der Waals surface area (Å²) in [5.74, 6) is 1.64. The van der Waals surface area contributed by atoms with E-state index in [1.807, 2.05) is 17.0 Å². The third-order valence-corrected chi connectivity index (χ3v) is 6.42. The molecule has 0 bridgehead atoms. The number of methoxy groups -OCH3 is 2. The van der Waals surface area contributed by atoms with Crippen molar-refractivity contribution in [2.75, 3.05) is 40.5 Å². The molecule has 1 aliphatic rings. The molecule has 1 fully saturated rings. The summed E-state index contributed by atoms with van der Waals surface area (Å²) in [6.45, 7) is 7.87. The number of ether oxygens (including phenoxy) is 2. The predicted molar refractivity (Wildman–Crippen MR) is 118 cm³/mol. The highest BCUT2D eigenvalue weighted by molar-refractivity contribution is 7.07. The molecule has 0 aliphatic carbocycles. The van der Waals surface area contributed by atoms with E-state index in [2.05, 4.69) is 47.7 Å². The maximum absolute atomic E-state index is 12.6. The van der Waals surface area contributed by atoms with E-state index in [-0.39, 0.29) is 18.6 Å². The predicted octanol–water partition coefficient (Wildman–Crippen LogP) is 3.86. The standard InChI is InChI=1S/C23H32N2O3S/c1-17(2)25(23(26)15-27-3)13-19-12-24(11-18-9-10-29-16-18)14-21(19)20-7-5-6-8-22(20)28-4/h5-10,16-17,19,21H,11-15H2,1-4H3. The quantitative estimate of drug-likeness (QED) is 0.623. The lowest BCUT2D eigenvalue weighted by molar-refractivity contribution is -0.137. The number of hydrogen-bond donors (Lipinski definition) is 0. The van der Waals surface area contributed by atoms with Gasteiger partial charge in [0.05, 0.1) is 7.11 Å². The van der Waals surface area contributed by atoms with E-state index in [1.165, 1.54) is 11.1 Å². The average molecular weight is 417 g/mol. The van der Waals surface area contributed by atoms with E-state index in [4.69, 9.17) is 9.47 Å². The highest BCUT2D eigenvalue weighted by Crippen LogP contribution is 2.38. The van der Waals surface area contributed by atoms with E-state index in [0.29, 0.717) is 11.8 Å². The molecule has 0 spiro atoms. The summed E-state index contributed by atoms with van der Waals surface area (Å²) in [5, 5.41) is 4.35. The van der Waals surface area contributed by atoms with E-state index in [9.17, 15) is 4.79 Å². The van der Waals surface area contributed by atoms with Crippen LogP contribution in [0.15, 0.2) is 41.1 Å². The molecule has 1 aliphatic heterocycles. The topological polar surface area (TPSA) is 42.0 Å². The van der Waals surface area contributed by atoms with Gasteiger partial charge in [0.15, 0.2) is 0 Å². The van der Waals surface area contributed by atoms with Crippen LogP contribution in [0.5, 0.6) is 5.75 Å².